The molecule has 0 saturated heterocycles. The van der Waals surface area contributed by atoms with Crippen LogP contribution in [-0.2, 0) is 0 Å². The van der Waals surface area contributed by atoms with Crippen LogP contribution < -0.4 is 0 Å². The molecule has 3 aromatic heterocycles. The minimum Gasteiger partial charge on any atom is -0.308 e. The fraction of sp³-hybridized carbons (Fsp3) is 0.0656. The molecule has 12 rings (SSSR count). The van der Waals surface area contributed by atoms with Gasteiger partial charge >= 0.3 is 0 Å². The number of rotatable bonds is 7. The van der Waals surface area contributed by atoms with Gasteiger partial charge < -0.3 is 4.57 Å². The smallest absolute Gasteiger partial charge is 0.166 e. The maximum Gasteiger partial charge on any atom is 0.166 e. The van der Waals surface area contributed by atoms with Gasteiger partial charge in [0.2, 0.25) is 0 Å². The molecule has 0 aliphatic heterocycles. The Morgan fingerprint density at radius 1 is 0.348 bits per heavy atom. The van der Waals surface area contributed by atoms with Gasteiger partial charge in [-0.15, -0.1) is 11.3 Å². The highest BCUT2D eigenvalue weighted by Gasteiger charge is 2.23. The number of fused-ring (bicyclic) bond motifs is 6. The van der Waals surface area contributed by atoms with Crippen LogP contribution >= 0.6 is 11.3 Å². The van der Waals surface area contributed by atoms with E-state index in [-0.39, 0.29) is 0 Å². The number of hydrogen-bond acceptors (Lipinski definition) is 4. The molecule has 0 saturated carbocycles. The lowest BCUT2D eigenvalue weighted by atomic mass is 9.96. The van der Waals surface area contributed by atoms with Crippen molar-refractivity contribution in [3.63, 3.8) is 0 Å². The molecule has 314 valence electrons. The fourth-order valence-corrected chi connectivity index (χ4v) is 11.0. The number of aryl methyl sites for hydroxylation is 4. The first-order chi connectivity index (χ1) is 32.3. The van der Waals surface area contributed by atoms with E-state index >= 15 is 0 Å². The van der Waals surface area contributed by atoms with Crippen LogP contribution in [-0.4, -0.2) is 19.5 Å². The van der Waals surface area contributed by atoms with Crippen molar-refractivity contribution in [1.29, 1.82) is 0 Å². The average Bonchev–Trinajstić information content (AvgIpc) is 3.89. The summed E-state index contributed by atoms with van der Waals surface area (Å²) in [6.07, 6.45) is 0. The summed E-state index contributed by atoms with van der Waals surface area (Å²) >= 11 is 1.84. The van der Waals surface area contributed by atoms with Crippen LogP contribution in [0.5, 0.6) is 0 Å². The molecule has 0 atom stereocenters. The quantitative estimate of drug-likeness (QED) is 0.160. The third-order valence-electron chi connectivity index (χ3n) is 13.0. The Morgan fingerprint density at radius 3 is 1.45 bits per heavy atom. The first kappa shape index (κ1) is 39.6. The van der Waals surface area contributed by atoms with Crippen molar-refractivity contribution in [2.24, 2.45) is 0 Å². The van der Waals surface area contributed by atoms with Crippen LogP contribution in [0.15, 0.2) is 194 Å². The van der Waals surface area contributed by atoms with Gasteiger partial charge in [-0.25, -0.2) is 15.0 Å². The molecular weight excluding hydrogens is 821 g/mol. The van der Waals surface area contributed by atoms with E-state index in [9.17, 15) is 0 Å². The van der Waals surface area contributed by atoms with Crippen LogP contribution in [0, 0.1) is 27.7 Å². The summed E-state index contributed by atoms with van der Waals surface area (Å²) in [6, 6.07) is 70.2. The molecule has 0 fully saturated rings. The van der Waals surface area contributed by atoms with E-state index in [1.807, 2.05) is 47.7 Å². The predicted octanol–water partition coefficient (Wildman–Crippen LogP) is 16.6. The van der Waals surface area contributed by atoms with Gasteiger partial charge in [-0.05, 0) is 109 Å². The summed E-state index contributed by atoms with van der Waals surface area (Å²) in [5.41, 5.74) is 18.0. The Bertz CT molecular complexity index is 3700. The zero-order valence-electron chi connectivity index (χ0n) is 37.2. The molecule has 0 N–H and O–H groups in total. The highest BCUT2D eigenvalue weighted by molar-refractivity contribution is 7.25. The van der Waals surface area contributed by atoms with Crippen molar-refractivity contribution in [2.75, 3.05) is 0 Å². The molecule has 0 bridgehead atoms. The normalized spacial score (nSPS) is 11.6. The van der Waals surface area contributed by atoms with Crippen molar-refractivity contribution >= 4 is 53.3 Å². The standard InChI is InChI=1S/C61H44N4S/c1-37-22-27-46(39(3)32-37)44-24-29-49-50-30-25-45(47-28-23-38(2)33-40(47)4)36-55(50)65(54(49)35-44)53-31-26-43(48-19-13-21-57-58(48)51-18-11-12-20-56(51)66-57)34-52(53)61-63-59(41-14-7-5-8-15-41)62-60(64-61)42-16-9-6-10-17-42/h5-36H,1-4H3. The van der Waals surface area contributed by atoms with Crippen LogP contribution in [0.2, 0.25) is 0 Å². The van der Waals surface area contributed by atoms with Crippen molar-refractivity contribution in [1.82, 2.24) is 19.5 Å². The highest BCUT2D eigenvalue weighted by atomic mass is 32.1. The molecule has 0 aliphatic rings. The summed E-state index contributed by atoms with van der Waals surface area (Å²) in [5, 5.41) is 4.88. The van der Waals surface area contributed by atoms with Crippen molar-refractivity contribution in [3.05, 3.63) is 216 Å². The average molecular weight is 865 g/mol. The minimum atomic E-state index is 0.605. The number of nitrogens with zero attached hydrogens (tertiary/aromatic N) is 4. The van der Waals surface area contributed by atoms with Crippen LogP contribution in [0.3, 0.4) is 0 Å². The fourth-order valence-electron chi connectivity index (χ4n) is 9.91. The second kappa shape index (κ2) is 15.9. The van der Waals surface area contributed by atoms with Crippen molar-refractivity contribution < 1.29 is 0 Å². The van der Waals surface area contributed by atoms with E-state index < -0.39 is 0 Å². The third kappa shape index (κ3) is 6.79. The minimum absolute atomic E-state index is 0.605. The number of aromatic nitrogens is 4. The number of hydrogen-bond donors (Lipinski definition) is 0. The van der Waals surface area contributed by atoms with E-state index in [0.717, 1.165) is 39.0 Å². The highest BCUT2D eigenvalue weighted by Crippen LogP contribution is 2.44. The maximum atomic E-state index is 5.40. The number of benzene rings is 9. The summed E-state index contributed by atoms with van der Waals surface area (Å²) in [5.74, 6) is 1.85. The Hall–Kier alpha value is -7.99. The van der Waals surface area contributed by atoms with Gasteiger partial charge in [0, 0.05) is 47.6 Å². The van der Waals surface area contributed by atoms with Crippen molar-refractivity contribution in [2.45, 2.75) is 27.7 Å². The molecule has 9 aromatic carbocycles. The SMILES string of the molecule is Cc1ccc(-c2ccc3c4ccc(-c5ccc(C)cc5C)cc4n(-c4ccc(-c5cccc6sc7ccccc7c56)cc4-c4nc(-c5ccccc5)nc(-c5ccccc5)n4)c3c2)c(C)c1. The molecule has 4 nitrogen and oxygen atoms in total. The zero-order chi connectivity index (χ0) is 44.5. The lowest BCUT2D eigenvalue weighted by Gasteiger charge is -2.17. The van der Waals surface area contributed by atoms with E-state index in [1.165, 1.54) is 81.0 Å². The summed E-state index contributed by atoms with van der Waals surface area (Å²) in [7, 11) is 0. The Balaban J connectivity index is 1.20. The topological polar surface area (TPSA) is 43.6 Å². The number of thiophene rings is 1. The zero-order valence-corrected chi connectivity index (χ0v) is 38.0. The summed E-state index contributed by atoms with van der Waals surface area (Å²) < 4.78 is 5.00. The van der Waals surface area contributed by atoms with Crippen LogP contribution in [0.25, 0.3) is 115 Å². The summed E-state index contributed by atoms with van der Waals surface area (Å²) in [4.78, 5) is 15.9. The lowest BCUT2D eigenvalue weighted by Crippen LogP contribution is -2.04. The van der Waals surface area contributed by atoms with Crippen molar-refractivity contribution in [3.8, 4) is 73.2 Å². The molecule has 5 heteroatoms. The molecule has 0 unspecified atom stereocenters. The molecule has 12 aromatic rings. The largest absolute Gasteiger partial charge is 0.308 e. The van der Waals surface area contributed by atoms with Gasteiger partial charge in [-0.2, -0.15) is 0 Å². The molecule has 0 spiro atoms. The van der Waals surface area contributed by atoms with Crippen LogP contribution in [0.4, 0.5) is 0 Å². The summed E-state index contributed by atoms with van der Waals surface area (Å²) in [6.45, 7) is 8.74. The third-order valence-corrected chi connectivity index (χ3v) is 14.2. The van der Waals surface area contributed by atoms with E-state index in [1.54, 1.807) is 0 Å². The Labute approximate surface area is 388 Å². The molecule has 0 radical (unpaired) electrons. The van der Waals surface area contributed by atoms with E-state index in [0.29, 0.717) is 17.5 Å². The van der Waals surface area contributed by atoms with Crippen LogP contribution in [0.1, 0.15) is 22.3 Å². The van der Waals surface area contributed by atoms with Gasteiger partial charge in [-0.1, -0.05) is 169 Å². The van der Waals surface area contributed by atoms with Gasteiger partial charge in [0.15, 0.2) is 17.5 Å². The second-order valence-corrected chi connectivity index (χ2v) is 18.6. The van der Waals surface area contributed by atoms with Gasteiger partial charge in [0.1, 0.15) is 0 Å². The van der Waals surface area contributed by atoms with Gasteiger partial charge in [0.05, 0.1) is 16.7 Å². The lowest BCUT2D eigenvalue weighted by molar-refractivity contribution is 1.06. The first-order valence-electron chi connectivity index (χ1n) is 22.5. The Kier molecular flexibility index (Phi) is 9.55. The van der Waals surface area contributed by atoms with E-state index in [4.69, 9.17) is 15.0 Å². The molecule has 66 heavy (non-hydrogen) atoms. The molecule has 0 amide bonds. The molecule has 0 aliphatic carbocycles. The monoisotopic (exact) mass is 864 g/mol. The molecule has 3 heterocycles. The second-order valence-electron chi connectivity index (χ2n) is 17.5. The molecular formula is C61H44N4S. The van der Waals surface area contributed by atoms with Gasteiger partial charge in [0.25, 0.3) is 0 Å². The van der Waals surface area contributed by atoms with E-state index in [2.05, 4.69) is 190 Å². The Morgan fingerprint density at radius 2 is 0.864 bits per heavy atom. The maximum absolute atomic E-state index is 5.40. The van der Waals surface area contributed by atoms with Gasteiger partial charge in [-0.3, -0.25) is 0 Å². The first-order valence-corrected chi connectivity index (χ1v) is 23.3. The predicted molar refractivity (Wildman–Crippen MR) is 279 cm³/mol.